The molecule has 7 aliphatic carbocycles. The van der Waals surface area contributed by atoms with Gasteiger partial charge >= 0.3 is 5.63 Å². The molecule has 708 valence electrons. The standard InChI is InChI=1S/C24H36O3Si.C22H36O3Si.C22H38OSi.C13H16O.C12H14O.C11H12O2.C11H12O/c1-16(2)28(17(3)4,18(5)6)27-22-10-8-7-9-19-13-20-11-12-24(25)26-23(20)15-21(19)14-22;1-15(2)26(16(3)4,17(5)6)25-21-10-8-7-9-18-11-20(14-23)22(24)13-19(18)12-21;1-16(2)24(17(3)4,18(5)6)23-22-11-9-8-10-20-13-12-19(7)14-21(20)15-22;1-10-6-7-11-4-2-3-5-13(14)9-12(11)8-10;1-9-6-7-10-4-2-3-5-12(13)11(10)8-9;12-9-6-5-8-3-1-2-4-11(13)10(8)7-9;12-11-8-4-2-6-9-5-1-3-7-10(9)11/h11-13,15-18,22H,7-10,14H2,1-6H3;11,13-17,21,24H,7-10,12H2,1-6H3;12-14,16-18,22H,8-11,15H2,1-7H3;6-8H,2-5,9H2,1H3;6-8H,2-5H2,1H3;5-7,12H,1-4H2;1,3,5,7H,2,4,6,8H2. The zero-order valence-corrected chi connectivity index (χ0v) is 86.8. The number of aromatic hydroxyl groups is 2. The number of hydrogen-bond donors (Lipinski definition) is 2. The highest BCUT2D eigenvalue weighted by Crippen LogP contribution is 2.48. The molecule has 0 aliphatic heterocycles. The van der Waals surface area contributed by atoms with Crippen molar-refractivity contribution in [2.75, 3.05) is 0 Å². The number of benzene rings is 7. The monoisotopic (exact) mass is 1820 g/mol. The molecule has 1 aromatic heterocycles. The molecule has 0 bridgehead atoms. The van der Waals surface area contributed by atoms with E-state index in [0.717, 1.165) is 194 Å². The molecule has 1 heterocycles. The third kappa shape index (κ3) is 28.7. The van der Waals surface area contributed by atoms with Crippen molar-refractivity contribution in [2.24, 2.45) is 0 Å². The van der Waals surface area contributed by atoms with E-state index in [-0.39, 0.29) is 35.1 Å². The highest BCUT2D eigenvalue weighted by Gasteiger charge is 2.49. The number of fused-ring (bicyclic) bond motifs is 8. The lowest BCUT2D eigenvalue weighted by atomic mass is 9.90. The number of aldehydes is 1. The van der Waals surface area contributed by atoms with E-state index < -0.39 is 25.0 Å². The zero-order chi connectivity index (χ0) is 94.7. The van der Waals surface area contributed by atoms with Crippen molar-refractivity contribution in [2.45, 2.75) is 419 Å². The average molecular weight is 1820 g/mol. The van der Waals surface area contributed by atoms with Crippen LogP contribution in [0.25, 0.3) is 11.0 Å². The first-order chi connectivity index (χ1) is 61.9. The molecule has 0 radical (unpaired) electrons. The summed E-state index contributed by atoms with van der Waals surface area (Å²) in [6.45, 7) is 48.8. The fourth-order valence-corrected chi connectivity index (χ4v) is 39.8. The maximum atomic E-state index is 11.7. The molecule has 0 amide bonds. The summed E-state index contributed by atoms with van der Waals surface area (Å²) in [5.41, 5.74) is 27.1. The van der Waals surface area contributed by atoms with Crippen molar-refractivity contribution < 1.29 is 51.9 Å². The van der Waals surface area contributed by atoms with Crippen LogP contribution in [0.5, 0.6) is 11.5 Å². The Labute approximate surface area is 786 Å². The molecule has 15 heteroatoms. The lowest BCUT2D eigenvalue weighted by Crippen LogP contribution is -2.50. The molecule has 2 N–H and O–H groups in total. The van der Waals surface area contributed by atoms with E-state index in [1.165, 1.54) is 100 Å². The normalized spacial score (nSPS) is 18.0. The summed E-state index contributed by atoms with van der Waals surface area (Å²) in [6.07, 6.45) is 34.9. The number of ketones is 4. The van der Waals surface area contributed by atoms with Crippen LogP contribution in [0.1, 0.15) is 379 Å². The van der Waals surface area contributed by atoms with E-state index >= 15 is 0 Å². The summed E-state index contributed by atoms with van der Waals surface area (Å²) >= 11 is 0. The van der Waals surface area contributed by atoms with Crippen LogP contribution >= 0.6 is 0 Å². The minimum atomic E-state index is -1.93. The van der Waals surface area contributed by atoms with E-state index in [1.807, 2.05) is 49.4 Å². The van der Waals surface area contributed by atoms with Crippen LogP contribution in [-0.4, -0.2) is 82.9 Å². The van der Waals surface area contributed by atoms with Gasteiger partial charge in [0.1, 0.15) is 22.9 Å². The molecule has 0 spiro atoms. The van der Waals surface area contributed by atoms with Gasteiger partial charge in [-0.3, -0.25) is 24.0 Å². The number of carbonyl (C=O) groups excluding carboxylic acids is 5. The number of Topliss-reactive ketones (excluding diaryl/α,β-unsaturated/α-hetero) is 4. The van der Waals surface area contributed by atoms with Crippen LogP contribution < -0.4 is 5.63 Å². The quantitative estimate of drug-likeness (QED) is 0.0405. The Kier molecular flexibility index (Phi) is 41.2. The van der Waals surface area contributed by atoms with Gasteiger partial charge in [0.2, 0.25) is 25.0 Å². The van der Waals surface area contributed by atoms with Crippen molar-refractivity contribution in [3.8, 4) is 11.5 Å². The maximum Gasteiger partial charge on any atom is 0.336 e. The Morgan fingerprint density at radius 2 is 0.669 bits per heavy atom. The first-order valence-corrected chi connectivity index (χ1v) is 57.0. The molecule has 0 saturated carbocycles. The molecular formula is C115H164O12Si3. The largest absolute Gasteiger partial charge is 0.508 e. The Hall–Kier alpha value is -7.77. The summed E-state index contributed by atoms with van der Waals surface area (Å²) in [6, 6.07) is 44.2. The topological polar surface area (TPSA) is 184 Å². The average Bonchev–Trinajstić information content (AvgIpc) is 0.817. The molecule has 3 atom stereocenters. The Bertz CT molecular complexity index is 4940. The number of carbonyl (C=O) groups is 5. The van der Waals surface area contributed by atoms with Gasteiger partial charge in [0.05, 0.1) is 5.56 Å². The van der Waals surface area contributed by atoms with Gasteiger partial charge in [0, 0.05) is 78.6 Å². The van der Waals surface area contributed by atoms with Crippen LogP contribution in [0, 0.1) is 20.8 Å². The second-order valence-corrected chi connectivity index (χ2v) is 58.0. The van der Waals surface area contributed by atoms with Gasteiger partial charge < -0.3 is 27.9 Å². The molecule has 3 unspecified atom stereocenters. The van der Waals surface area contributed by atoms with Gasteiger partial charge in [0.15, 0.2) is 23.6 Å². The number of aryl methyl sites for hydroxylation is 10. The fourth-order valence-electron chi connectivity index (χ4n) is 23.1. The van der Waals surface area contributed by atoms with Gasteiger partial charge in [0.25, 0.3) is 0 Å². The van der Waals surface area contributed by atoms with Crippen molar-refractivity contribution in [3.63, 3.8) is 0 Å². The SMILES string of the molecule is CC(C)[Si](OC1CCCCc2cc(C=O)c(O)cc2C1)(C(C)C)C(C)C.CC(C)[Si](OC1CCCCc2cc3ccc(=O)oc3cc2C1)(C(C)C)C(C)C.Cc1ccc2c(c1)C(=O)CCCC2.Cc1ccc2c(c1)CC(=O)CCCC2.Cc1ccc2c(c1)CC(O[Si](C(C)C)(C(C)C)C(C)C)CCCC2.O=C1CCCCc2ccc(O)cc21.O=C1CCCCc2ccccc21. The van der Waals surface area contributed by atoms with Crippen LogP contribution in [0.4, 0.5) is 0 Å². The molecular weight excluding hydrogens is 1660 g/mol. The number of phenolic OH excluding ortho intramolecular Hbond substituents is 2. The third-order valence-corrected chi connectivity index (χ3v) is 48.0. The van der Waals surface area contributed by atoms with Gasteiger partial charge in [-0.25, -0.2) is 4.79 Å². The maximum absolute atomic E-state index is 11.7. The van der Waals surface area contributed by atoms with E-state index in [4.69, 9.17) is 17.7 Å². The zero-order valence-electron chi connectivity index (χ0n) is 83.8. The Balaban J connectivity index is 0.000000175. The van der Waals surface area contributed by atoms with Gasteiger partial charge in [-0.1, -0.05) is 239 Å². The lowest BCUT2D eigenvalue weighted by molar-refractivity contribution is -0.118. The number of phenols is 2. The highest BCUT2D eigenvalue weighted by atomic mass is 28.4. The second kappa shape index (κ2) is 50.5. The van der Waals surface area contributed by atoms with Gasteiger partial charge in [-0.15, -0.1) is 0 Å². The van der Waals surface area contributed by atoms with Gasteiger partial charge in [-0.05, 0) is 334 Å². The van der Waals surface area contributed by atoms with Crippen LogP contribution in [-0.2, 0) is 88.7 Å². The molecule has 7 aliphatic rings. The molecule has 0 saturated heterocycles. The summed E-state index contributed by atoms with van der Waals surface area (Å²) in [5.74, 6) is 1.51. The third-order valence-electron chi connectivity index (χ3n) is 29.5. The molecule has 15 rings (SSSR count). The number of rotatable bonds is 16. The first kappa shape index (κ1) is 106. The molecule has 12 nitrogen and oxygen atoms in total. The highest BCUT2D eigenvalue weighted by molar-refractivity contribution is 6.78. The predicted molar refractivity (Wildman–Crippen MR) is 548 cm³/mol. The van der Waals surface area contributed by atoms with Crippen LogP contribution in [0.2, 0.25) is 49.9 Å². The van der Waals surface area contributed by atoms with Crippen molar-refractivity contribution >= 4 is 65.3 Å². The van der Waals surface area contributed by atoms with Crippen molar-refractivity contribution in [1.82, 2.24) is 0 Å². The van der Waals surface area contributed by atoms with E-state index in [0.29, 0.717) is 97.3 Å². The fraction of sp³-hybridized carbons (Fsp3) is 0.565. The molecule has 0 fully saturated rings. The predicted octanol–water partition coefficient (Wildman–Crippen LogP) is 30.1. The minimum absolute atomic E-state index is 0.0955. The Morgan fingerprint density at radius 1 is 0.323 bits per heavy atom. The lowest BCUT2D eigenvalue weighted by Gasteiger charge is -2.45. The first-order valence-electron chi connectivity index (χ1n) is 50.6. The Morgan fingerprint density at radius 3 is 1.13 bits per heavy atom. The van der Waals surface area contributed by atoms with E-state index in [2.05, 4.69) is 205 Å². The summed E-state index contributed by atoms with van der Waals surface area (Å²) in [5, 5.41) is 20.4. The molecule has 130 heavy (non-hydrogen) atoms. The second-order valence-electron chi connectivity index (χ2n) is 41.7. The van der Waals surface area contributed by atoms with E-state index in [9.17, 15) is 39.0 Å². The van der Waals surface area contributed by atoms with E-state index in [1.54, 1.807) is 29.3 Å². The minimum Gasteiger partial charge on any atom is -0.508 e. The van der Waals surface area contributed by atoms with Crippen molar-refractivity contribution in [3.05, 3.63) is 244 Å². The van der Waals surface area contributed by atoms with Crippen molar-refractivity contribution in [1.29, 1.82) is 0 Å². The summed E-state index contributed by atoms with van der Waals surface area (Å²) in [7, 11) is -5.62. The molecule has 7 aromatic carbocycles. The summed E-state index contributed by atoms with van der Waals surface area (Å²) in [4.78, 5) is 69.0. The smallest absolute Gasteiger partial charge is 0.336 e. The van der Waals surface area contributed by atoms with Crippen LogP contribution in [0.15, 0.2) is 143 Å². The van der Waals surface area contributed by atoms with Gasteiger partial charge in [-0.2, -0.15) is 0 Å². The number of hydrogen-bond acceptors (Lipinski definition) is 12. The summed E-state index contributed by atoms with van der Waals surface area (Å²) < 4.78 is 26.8. The molecule has 8 aromatic rings. The van der Waals surface area contributed by atoms with Crippen LogP contribution in [0.3, 0.4) is 0 Å².